The molecule has 7 heteroatoms. The first-order valence-electron chi connectivity index (χ1n) is 4.47. The summed E-state index contributed by atoms with van der Waals surface area (Å²) in [6.45, 7) is 0. The number of aromatic nitrogens is 1. The molecule has 88 valence electrons. The Bertz CT molecular complexity index is 573. The predicted octanol–water partition coefficient (Wildman–Crippen LogP) is 3.49. The summed E-state index contributed by atoms with van der Waals surface area (Å²) in [4.78, 5) is 14.7. The molecule has 1 aromatic carbocycles. The largest absolute Gasteiger partial charge is 0.477 e. The molecular weight excluding hydrogens is 311 g/mol. The van der Waals surface area contributed by atoms with Gasteiger partial charge < -0.3 is 10.4 Å². The molecule has 0 radical (unpaired) electrons. The molecule has 1 aromatic heterocycles. The molecule has 0 bridgehead atoms. The van der Waals surface area contributed by atoms with Crippen molar-refractivity contribution in [3.63, 3.8) is 0 Å². The molecule has 0 atom stereocenters. The van der Waals surface area contributed by atoms with E-state index in [0.29, 0.717) is 15.3 Å². The maximum absolute atomic E-state index is 13.0. The van der Waals surface area contributed by atoms with Crippen LogP contribution < -0.4 is 5.32 Å². The monoisotopic (exact) mass is 316 g/mol. The van der Waals surface area contributed by atoms with Crippen LogP contribution in [0.4, 0.5) is 15.2 Å². The van der Waals surface area contributed by atoms with Crippen LogP contribution in [-0.2, 0) is 0 Å². The van der Waals surface area contributed by atoms with Crippen LogP contribution in [0.1, 0.15) is 9.67 Å². The number of hydrogen-bond donors (Lipinski definition) is 2. The van der Waals surface area contributed by atoms with Crippen LogP contribution in [0.3, 0.4) is 0 Å². The van der Waals surface area contributed by atoms with Crippen molar-refractivity contribution in [3.05, 3.63) is 39.6 Å². The number of thiazole rings is 1. The van der Waals surface area contributed by atoms with Gasteiger partial charge >= 0.3 is 5.97 Å². The number of hydrogen-bond acceptors (Lipinski definition) is 4. The number of carboxylic acids is 1. The number of carbonyl (C=O) groups is 1. The molecule has 0 fully saturated rings. The Labute approximate surface area is 108 Å². The van der Waals surface area contributed by atoms with Crippen molar-refractivity contribution < 1.29 is 14.3 Å². The quantitative estimate of drug-likeness (QED) is 0.910. The highest BCUT2D eigenvalue weighted by Crippen LogP contribution is 2.28. The molecule has 2 aromatic rings. The van der Waals surface area contributed by atoms with Crippen LogP contribution in [0.15, 0.2) is 28.9 Å². The number of carboxylic acid groups (broad SMARTS) is 1. The van der Waals surface area contributed by atoms with Crippen LogP contribution in [0, 0.1) is 5.82 Å². The Hall–Kier alpha value is -1.47. The van der Waals surface area contributed by atoms with E-state index in [-0.39, 0.29) is 10.7 Å². The third-order valence-electron chi connectivity index (χ3n) is 1.89. The van der Waals surface area contributed by atoms with Crippen molar-refractivity contribution in [2.45, 2.75) is 0 Å². The lowest BCUT2D eigenvalue weighted by atomic mass is 10.3. The Kier molecular flexibility index (Phi) is 3.39. The molecule has 2 N–H and O–H groups in total. The summed E-state index contributed by atoms with van der Waals surface area (Å²) in [7, 11) is 0. The van der Waals surface area contributed by atoms with Gasteiger partial charge in [-0.3, -0.25) is 0 Å². The number of benzene rings is 1. The molecule has 0 spiro atoms. The van der Waals surface area contributed by atoms with Gasteiger partial charge in [-0.2, -0.15) is 0 Å². The summed E-state index contributed by atoms with van der Waals surface area (Å²) in [5, 5.41) is 12.0. The van der Waals surface area contributed by atoms with E-state index in [9.17, 15) is 9.18 Å². The fourth-order valence-corrected chi connectivity index (χ4v) is 2.15. The molecule has 0 amide bonds. The second-order valence-electron chi connectivity index (χ2n) is 3.08. The third-order valence-corrected chi connectivity index (χ3v) is 3.48. The van der Waals surface area contributed by atoms with Crippen molar-refractivity contribution in [3.8, 4) is 0 Å². The summed E-state index contributed by atoms with van der Waals surface area (Å²) < 4.78 is 13.7. The molecule has 0 unspecified atom stereocenters. The molecule has 0 aliphatic heterocycles. The molecule has 4 nitrogen and oxygen atoms in total. The SMILES string of the molecule is O=C(O)c1cnc(Nc2cc(F)ccc2Br)s1. The average molecular weight is 317 g/mol. The van der Waals surface area contributed by atoms with Gasteiger partial charge in [-0.1, -0.05) is 11.3 Å². The Balaban J connectivity index is 2.25. The van der Waals surface area contributed by atoms with E-state index in [0.717, 1.165) is 11.3 Å². The third kappa shape index (κ3) is 2.80. The average Bonchev–Trinajstić information content (AvgIpc) is 2.72. The van der Waals surface area contributed by atoms with E-state index >= 15 is 0 Å². The van der Waals surface area contributed by atoms with Crippen molar-refractivity contribution in [2.24, 2.45) is 0 Å². The summed E-state index contributed by atoms with van der Waals surface area (Å²) >= 11 is 4.24. The zero-order chi connectivity index (χ0) is 12.4. The normalized spacial score (nSPS) is 10.2. The van der Waals surface area contributed by atoms with E-state index in [1.54, 1.807) is 6.07 Å². The number of rotatable bonds is 3. The molecule has 2 rings (SSSR count). The van der Waals surface area contributed by atoms with Gasteiger partial charge in [0.25, 0.3) is 0 Å². The van der Waals surface area contributed by atoms with Gasteiger partial charge in [-0.25, -0.2) is 14.2 Å². The second-order valence-corrected chi connectivity index (χ2v) is 4.97. The van der Waals surface area contributed by atoms with Gasteiger partial charge in [-0.05, 0) is 34.1 Å². The van der Waals surface area contributed by atoms with Gasteiger partial charge in [0.2, 0.25) is 0 Å². The molecule has 0 saturated heterocycles. The molecule has 0 aliphatic rings. The highest BCUT2D eigenvalue weighted by Gasteiger charge is 2.10. The Morgan fingerprint density at radius 2 is 2.29 bits per heavy atom. The van der Waals surface area contributed by atoms with Gasteiger partial charge in [-0.15, -0.1) is 0 Å². The van der Waals surface area contributed by atoms with Crippen LogP contribution in [0.5, 0.6) is 0 Å². The second kappa shape index (κ2) is 4.80. The van der Waals surface area contributed by atoms with Gasteiger partial charge in [0, 0.05) is 4.47 Å². The summed E-state index contributed by atoms with van der Waals surface area (Å²) in [5.41, 5.74) is 0.497. The summed E-state index contributed by atoms with van der Waals surface area (Å²) in [5.74, 6) is -1.42. The maximum Gasteiger partial charge on any atom is 0.347 e. The minimum atomic E-state index is -1.03. The van der Waals surface area contributed by atoms with Crippen molar-refractivity contribution in [2.75, 3.05) is 5.32 Å². The first kappa shape index (κ1) is 12.0. The van der Waals surface area contributed by atoms with Crippen LogP contribution >= 0.6 is 27.3 Å². The van der Waals surface area contributed by atoms with Crippen LogP contribution in [-0.4, -0.2) is 16.1 Å². The fraction of sp³-hybridized carbons (Fsp3) is 0. The molecule has 1 heterocycles. The smallest absolute Gasteiger partial charge is 0.347 e. The van der Waals surface area contributed by atoms with Crippen molar-refractivity contribution in [1.29, 1.82) is 0 Å². The fourth-order valence-electron chi connectivity index (χ4n) is 1.14. The topological polar surface area (TPSA) is 62.2 Å². The van der Waals surface area contributed by atoms with E-state index in [1.807, 2.05) is 0 Å². The van der Waals surface area contributed by atoms with Crippen LogP contribution in [0.25, 0.3) is 0 Å². The lowest BCUT2D eigenvalue weighted by molar-refractivity contribution is 0.0702. The lowest BCUT2D eigenvalue weighted by Gasteiger charge is -2.04. The number of aromatic carboxylic acids is 1. The molecule has 17 heavy (non-hydrogen) atoms. The zero-order valence-corrected chi connectivity index (χ0v) is 10.7. The predicted molar refractivity (Wildman–Crippen MR) is 66.5 cm³/mol. The van der Waals surface area contributed by atoms with Crippen LogP contribution in [0.2, 0.25) is 0 Å². The summed E-state index contributed by atoms with van der Waals surface area (Å²) in [6, 6.07) is 4.18. The van der Waals surface area contributed by atoms with E-state index in [4.69, 9.17) is 5.11 Å². The standard InChI is InChI=1S/C10H6BrFN2O2S/c11-6-2-1-5(12)3-7(6)14-10-13-4-8(17-10)9(15)16/h1-4H,(H,13,14)(H,15,16). The molecular formula is C10H6BrFN2O2S. The maximum atomic E-state index is 13.0. The number of nitrogens with one attached hydrogen (secondary N) is 1. The minimum Gasteiger partial charge on any atom is -0.477 e. The molecule has 0 saturated carbocycles. The Morgan fingerprint density at radius 1 is 1.53 bits per heavy atom. The van der Waals surface area contributed by atoms with E-state index in [2.05, 4.69) is 26.2 Å². The van der Waals surface area contributed by atoms with Crippen molar-refractivity contribution in [1.82, 2.24) is 4.98 Å². The van der Waals surface area contributed by atoms with Gasteiger partial charge in [0.05, 0.1) is 11.9 Å². The van der Waals surface area contributed by atoms with Gasteiger partial charge in [0.1, 0.15) is 10.7 Å². The highest BCUT2D eigenvalue weighted by atomic mass is 79.9. The molecule has 0 aliphatic carbocycles. The van der Waals surface area contributed by atoms with E-state index < -0.39 is 5.97 Å². The highest BCUT2D eigenvalue weighted by molar-refractivity contribution is 9.10. The van der Waals surface area contributed by atoms with E-state index in [1.165, 1.54) is 18.3 Å². The first-order chi connectivity index (χ1) is 8.06. The first-order valence-corrected chi connectivity index (χ1v) is 6.08. The number of nitrogens with zero attached hydrogens (tertiary/aromatic N) is 1. The summed E-state index contributed by atoms with van der Waals surface area (Å²) in [6.07, 6.45) is 1.25. The van der Waals surface area contributed by atoms with Gasteiger partial charge in [0.15, 0.2) is 5.13 Å². The lowest BCUT2D eigenvalue weighted by Crippen LogP contribution is -1.91. The zero-order valence-electron chi connectivity index (χ0n) is 8.28. The number of halogens is 2. The minimum absolute atomic E-state index is 0.125. The number of anilines is 2. The van der Waals surface area contributed by atoms with Crippen molar-refractivity contribution >= 4 is 44.1 Å². The Morgan fingerprint density at radius 3 is 2.94 bits per heavy atom.